The first-order valence-electron chi connectivity index (χ1n) is 9.50. The van der Waals surface area contributed by atoms with Crippen LogP contribution in [0.5, 0.6) is 11.5 Å². The third kappa shape index (κ3) is 3.59. The topological polar surface area (TPSA) is 32.8 Å². The molecule has 0 bridgehead atoms. The van der Waals surface area contributed by atoms with Crippen molar-refractivity contribution in [1.29, 1.82) is 0 Å². The Balaban J connectivity index is 1.45. The molecule has 0 spiro atoms. The number of carbonyl (C=O) groups is 1. The van der Waals surface area contributed by atoms with E-state index in [9.17, 15) is 4.79 Å². The monoisotopic (exact) mass is 444 g/mol. The smallest absolute Gasteiger partial charge is 0.272 e. The lowest BCUT2D eigenvalue weighted by atomic mass is 10.1. The minimum absolute atomic E-state index is 0.0592. The molecule has 1 saturated carbocycles. The van der Waals surface area contributed by atoms with Crippen LogP contribution in [0.3, 0.4) is 0 Å². The molecule has 0 unspecified atom stereocenters. The number of ether oxygens (including phenoxy) is 1. The van der Waals surface area contributed by atoms with E-state index in [0.29, 0.717) is 39.0 Å². The van der Waals surface area contributed by atoms with E-state index < -0.39 is 0 Å². The Morgan fingerprint density at radius 3 is 2.59 bits per heavy atom. The van der Waals surface area contributed by atoms with Gasteiger partial charge in [-0.05, 0) is 48.6 Å². The standard InChI is InChI=1S/C22H18Cl2N2O2S/c23-14-5-8-16(24)20(13-14)28-19-9-12-29-21(19)22(27)26-11-10-25(15-6-7-15)17-3-1-2-4-18(17)26/h1-5,8-9,12-13,15H,6-7,10-11H2. The highest BCUT2D eigenvalue weighted by atomic mass is 35.5. The van der Waals surface area contributed by atoms with E-state index in [1.165, 1.54) is 24.2 Å². The van der Waals surface area contributed by atoms with E-state index in [1.807, 2.05) is 28.5 Å². The number of thiophene rings is 1. The highest BCUT2D eigenvalue weighted by molar-refractivity contribution is 7.12. The van der Waals surface area contributed by atoms with E-state index in [0.717, 1.165) is 17.9 Å². The molecule has 7 heteroatoms. The highest BCUT2D eigenvalue weighted by Crippen LogP contribution is 2.42. The van der Waals surface area contributed by atoms with Crippen molar-refractivity contribution >= 4 is 51.8 Å². The predicted octanol–water partition coefficient (Wildman–Crippen LogP) is 6.48. The van der Waals surface area contributed by atoms with Crippen LogP contribution in [0.4, 0.5) is 11.4 Å². The Labute approximate surface area is 183 Å². The molecular formula is C22H18Cl2N2O2S. The number of hydrogen-bond donors (Lipinski definition) is 0. The second-order valence-electron chi connectivity index (χ2n) is 7.16. The Morgan fingerprint density at radius 1 is 1.00 bits per heavy atom. The summed E-state index contributed by atoms with van der Waals surface area (Å²) in [4.78, 5) is 18.3. The lowest BCUT2D eigenvalue weighted by Gasteiger charge is -2.37. The number of benzene rings is 2. The third-order valence-electron chi connectivity index (χ3n) is 5.22. The molecule has 29 heavy (non-hydrogen) atoms. The van der Waals surface area contributed by atoms with Crippen molar-refractivity contribution < 1.29 is 9.53 Å². The van der Waals surface area contributed by atoms with Gasteiger partial charge in [-0.2, -0.15) is 0 Å². The average Bonchev–Trinajstić information content (AvgIpc) is 3.48. The van der Waals surface area contributed by atoms with Crippen molar-refractivity contribution in [1.82, 2.24) is 0 Å². The summed E-state index contributed by atoms with van der Waals surface area (Å²) in [5, 5.41) is 2.83. The van der Waals surface area contributed by atoms with E-state index in [2.05, 4.69) is 11.0 Å². The van der Waals surface area contributed by atoms with Gasteiger partial charge >= 0.3 is 0 Å². The molecule has 2 aromatic carbocycles. The molecule has 4 nitrogen and oxygen atoms in total. The molecule has 1 aliphatic carbocycles. The van der Waals surface area contributed by atoms with Crippen molar-refractivity contribution in [2.24, 2.45) is 0 Å². The Hall–Kier alpha value is -2.21. The Morgan fingerprint density at radius 2 is 1.79 bits per heavy atom. The second-order valence-corrected chi connectivity index (χ2v) is 8.92. The van der Waals surface area contributed by atoms with Crippen molar-refractivity contribution in [2.45, 2.75) is 18.9 Å². The molecule has 1 amide bonds. The molecule has 0 radical (unpaired) electrons. The van der Waals surface area contributed by atoms with E-state index in [4.69, 9.17) is 27.9 Å². The van der Waals surface area contributed by atoms with Crippen molar-refractivity contribution in [3.8, 4) is 11.5 Å². The average molecular weight is 445 g/mol. The molecule has 1 aliphatic heterocycles. The van der Waals surface area contributed by atoms with Gasteiger partial charge in [0.1, 0.15) is 10.6 Å². The third-order valence-corrected chi connectivity index (χ3v) is 6.65. The fraction of sp³-hybridized carbons (Fsp3) is 0.227. The number of rotatable bonds is 4. The van der Waals surface area contributed by atoms with Crippen LogP contribution in [0.1, 0.15) is 22.5 Å². The number of amides is 1. The SMILES string of the molecule is O=C(c1sccc1Oc1cc(Cl)ccc1Cl)N1CCN(C2CC2)c2ccccc21. The Kier molecular flexibility index (Phi) is 4.90. The van der Waals surface area contributed by atoms with Gasteiger partial charge in [0.25, 0.3) is 5.91 Å². The first kappa shape index (κ1) is 18.8. The number of para-hydroxylation sites is 2. The number of anilines is 2. The van der Waals surface area contributed by atoms with Gasteiger partial charge in [-0.15, -0.1) is 11.3 Å². The number of fused-ring (bicyclic) bond motifs is 1. The fourth-order valence-corrected chi connectivity index (χ4v) is 4.77. The minimum Gasteiger partial charge on any atom is -0.454 e. The zero-order valence-corrected chi connectivity index (χ0v) is 17.8. The van der Waals surface area contributed by atoms with Gasteiger partial charge in [0.15, 0.2) is 5.75 Å². The predicted molar refractivity (Wildman–Crippen MR) is 119 cm³/mol. The van der Waals surface area contributed by atoms with Crippen LogP contribution in [0.25, 0.3) is 0 Å². The fourth-order valence-electron chi connectivity index (χ4n) is 3.69. The van der Waals surface area contributed by atoms with Crippen LogP contribution in [-0.4, -0.2) is 25.0 Å². The maximum absolute atomic E-state index is 13.5. The summed E-state index contributed by atoms with van der Waals surface area (Å²) in [5.41, 5.74) is 2.09. The van der Waals surface area contributed by atoms with Crippen molar-refractivity contribution in [3.63, 3.8) is 0 Å². The van der Waals surface area contributed by atoms with Gasteiger partial charge < -0.3 is 14.5 Å². The van der Waals surface area contributed by atoms with Crippen LogP contribution >= 0.6 is 34.5 Å². The number of nitrogens with zero attached hydrogens (tertiary/aromatic N) is 2. The molecule has 5 rings (SSSR count). The van der Waals surface area contributed by atoms with Gasteiger partial charge in [-0.1, -0.05) is 35.3 Å². The molecule has 0 N–H and O–H groups in total. The maximum Gasteiger partial charge on any atom is 0.272 e. The summed E-state index contributed by atoms with van der Waals surface area (Å²) in [6.07, 6.45) is 2.46. The van der Waals surface area contributed by atoms with Gasteiger partial charge in [0, 0.05) is 30.2 Å². The normalized spacial score (nSPS) is 15.9. The van der Waals surface area contributed by atoms with Crippen LogP contribution in [0.15, 0.2) is 53.9 Å². The zero-order valence-electron chi connectivity index (χ0n) is 15.5. The summed E-state index contributed by atoms with van der Waals surface area (Å²) in [6, 6.07) is 15.6. The number of hydrogen-bond acceptors (Lipinski definition) is 4. The van der Waals surface area contributed by atoms with Crippen molar-refractivity contribution in [3.05, 3.63) is 68.8 Å². The molecule has 3 aromatic rings. The molecule has 2 aliphatic rings. The number of carbonyl (C=O) groups excluding carboxylic acids is 1. The summed E-state index contributed by atoms with van der Waals surface area (Å²) in [7, 11) is 0. The largest absolute Gasteiger partial charge is 0.454 e. The van der Waals surface area contributed by atoms with E-state index >= 15 is 0 Å². The van der Waals surface area contributed by atoms with E-state index in [-0.39, 0.29) is 5.91 Å². The molecule has 1 fully saturated rings. The molecule has 148 valence electrons. The quantitative estimate of drug-likeness (QED) is 0.461. The van der Waals surface area contributed by atoms with E-state index in [1.54, 1.807) is 24.3 Å². The lowest BCUT2D eigenvalue weighted by Crippen LogP contribution is -2.44. The maximum atomic E-state index is 13.5. The van der Waals surface area contributed by atoms with Gasteiger partial charge in [-0.25, -0.2) is 0 Å². The molecular weight excluding hydrogens is 427 g/mol. The Bertz CT molecular complexity index is 1080. The summed E-state index contributed by atoms with van der Waals surface area (Å²) in [5.74, 6) is 0.868. The highest BCUT2D eigenvalue weighted by Gasteiger charge is 2.36. The summed E-state index contributed by atoms with van der Waals surface area (Å²) in [6.45, 7) is 1.50. The lowest BCUT2D eigenvalue weighted by molar-refractivity contribution is 0.0988. The first-order chi connectivity index (χ1) is 14.1. The second kappa shape index (κ2) is 7.56. The molecule has 0 atom stereocenters. The van der Waals surface area contributed by atoms with Gasteiger partial charge in [0.2, 0.25) is 0 Å². The number of halogens is 2. The first-order valence-corrected chi connectivity index (χ1v) is 11.1. The minimum atomic E-state index is -0.0592. The van der Waals surface area contributed by atoms with Gasteiger partial charge in [-0.3, -0.25) is 4.79 Å². The van der Waals surface area contributed by atoms with Crippen LogP contribution in [0.2, 0.25) is 10.0 Å². The molecule has 1 aromatic heterocycles. The van der Waals surface area contributed by atoms with Crippen LogP contribution in [0, 0.1) is 0 Å². The molecule has 2 heterocycles. The van der Waals surface area contributed by atoms with Crippen LogP contribution < -0.4 is 14.5 Å². The summed E-state index contributed by atoms with van der Waals surface area (Å²) >= 11 is 13.7. The van der Waals surface area contributed by atoms with Crippen molar-refractivity contribution in [2.75, 3.05) is 22.9 Å². The van der Waals surface area contributed by atoms with Crippen LogP contribution in [-0.2, 0) is 0 Å². The zero-order chi connectivity index (χ0) is 20.0. The summed E-state index contributed by atoms with van der Waals surface area (Å²) < 4.78 is 5.97. The molecule has 0 saturated heterocycles. The van der Waals surface area contributed by atoms with Gasteiger partial charge in [0.05, 0.1) is 16.4 Å².